The van der Waals surface area contributed by atoms with E-state index in [9.17, 15) is 0 Å². The molecular weight excluding hydrogens is 220 g/mol. The third kappa shape index (κ3) is 1.70. The van der Waals surface area contributed by atoms with E-state index in [0.717, 1.165) is 13.0 Å². The minimum Gasteiger partial charge on any atom is -0.340 e. The van der Waals surface area contributed by atoms with Crippen LogP contribution in [0.3, 0.4) is 0 Å². The zero-order valence-electron chi connectivity index (χ0n) is 10.7. The number of hydrogen-bond donors (Lipinski definition) is 1. The van der Waals surface area contributed by atoms with E-state index in [1.807, 2.05) is 0 Å². The quantitative estimate of drug-likeness (QED) is 0.871. The van der Waals surface area contributed by atoms with Gasteiger partial charge in [-0.25, -0.2) is 0 Å². The lowest BCUT2D eigenvalue weighted by Gasteiger charge is -2.24. The highest BCUT2D eigenvalue weighted by molar-refractivity contribution is 5.74. The maximum Gasteiger partial charge on any atom is 0.0486 e. The van der Waals surface area contributed by atoms with Crippen molar-refractivity contribution in [2.45, 2.75) is 19.9 Å². The van der Waals surface area contributed by atoms with Crippen molar-refractivity contribution in [1.82, 2.24) is 0 Å². The van der Waals surface area contributed by atoms with Crippen LogP contribution in [0.1, 0.15) is 16.7 Å². The average Bonchev–Trinajstić information content (AvgIpc) is 2.82. The Morgan fingerprint density at radius 2 is 1.94 bits per heavy atom. The summed E-state index contributed by atoms with van der Waals surface area (Å²) < 4.78 is 0. The van der Waals surface area contributed by atoms with Gasteiger partial charge < -0.3 is 10.6 Å². The third-order valence-corrected chi connectivity index (χ3v) is 3.70. The van der Waals surface area contributed by atoms with Gasteiger partial charge in [-0.05, 0) is 36.1 Å². The highest BCUT2D eigenvalue weighted by Gasteiger charge is 2.22. The van der Waals surface area contributed by atoms with Gasteiger partial charge in [-0.1, -0.05) is 36.4 Å². The number of nitrogens with zero attached hydrogens (tertiary/aromatic N) is 1. The van der Waals surface area contributed by atoms with E-state index in [1.165, 1.54) is 28.1 Å². The fourth-order valence-electron chi connectivity index (χ4n) is 2.84. The first-order valence-corrected chi connectivity index (χ1v) is 6.45. The summed E-state index contributed by atoms with van der Waals surface area (Å²) >= 11 is 0. The van der Waals surface area contributed by atoms with E-state index in [1.54, 1.807) is 0 Å². The molecule has 0 spiro atoms. The highest BCUT2D eigenvalue weighted by atomic mass is 15.2. The first-order chi connectivity index (χ1) is 8.81. The van der Waals surface area contributed by atoms with E-state index in [-0.39, 0.29) is 0 Å². The molecule has 0 unspecified atom stereocenters. The van der Waals surface area contributed by atoms with Crippen molar-refractivity contribution < 1.29 is 0 Å². The largest absolute Gasteiger partial charge is 0.340 e. The van der Waals surface area contributed by atoms with Crippen LogP contribution >= 0.6 is 0 Å². The minimum atomic E-state index is 0.593. The van der Waals surface area contributed by atoms with Gasteiger partial charge in [-0.3, -0.25) is 0 Å². The predicted molar refractivity (Wildman–Crippen MR) is 76.2 cm³/mol. The SMILES string of the molecule is Cc1cccc(CN)c1N1CCc2ccccc21. The number of rotatable bonds is 2. The summed E-state index contributed by atoms with van der Waals surface area (Å²) in [5.74, 6) is 0. The summed E-state index contributed by atoms with van der Waals surface area (Å²) in [6, 6.07) is 15.0. The van der Waals surface area contributed by atoms with E-state index < -0.39 is 0 Å². The maximum absolute atomic E-state index is 5.88. The first-order valence-electron chi connectivity index (χ1n) is 6.45. The molecule has 0 amide bonds. The zero-order valence-corrected chi connectivity index (χ0v) is 10.7. The maximum atomic E-state index is 5.88. The molecule has 92 valence electrons. The number of nitrogens with two attached hydrogens (primary N) is 1. The van der Waals surface area contributed by atoms with Crippen molar-refractivity contribution >= 4 is 11.4 Å². The van der Waals surface area contributed by atoms with Crippen LogP contribution in [0.5, 0.6) is 0 Å². The Kier molecular flexibility index (Phi) is 2.80. The van der Waals surface area contributed by atoms with Gasteiger partial charge in [-0.2, -0.15) is 0 Å². The molecule has 2 aromatic rings. The van der Waals surface area contributed by atoms with Crippen molar-refractivity contribution in [3.05, 3.63) is 59.2 Å². The van der Waals surface area contributed by atoms with Crippen LogP contribution in [0.4, 0.5) is 11.4 Å². The lowest BCUT2D eigenvalue weighted by molar-refractivity contribution is 0.965. The third-order valence-electron chi connectivity index (χ3n) is 3.70. The molecule has 0 fully saturated rings. The van der Waals surface area contributed by atoms with E-state index in [0.29, 0.717) is 6.54 Å². The number of hydrogen-bond acceptors (Lipinski definition) is 2. The Labute approximate surface area is 108 Å². The van der Waals surface area contributed by atoms with Gasteiger partial charge in [0, 0.05) is 24.5 Å². The number of benzene rings is 2. The summed E-state index contributed by atoms with van der Waals surface area (Å²) in [5, 5.41) is 0. The van der Waals surface area contributed by atoms with Gasteiger partial charge in [-0.15, -0.1) is 0 Å². The molecule has 2 aromatic carbocycles. The molecule has 0 aliphatic carbocycles. The van der Waals surface area contributed by atoms with Crippen molar-refractivity contribution in [1.29, 1.82) is 0 Å². The van der Waals surface area contributed by atoms with Gasteiger partial charge >= 0.3 is 0 Å². The molecular formula is C16H18N2. The molecule has 0 aromatic heterocycles. The van der Waals surface area contributed by atoms with Crippen molar-refractivity contribution in [2.75, 3.05) is 11.4 Å². The smallest absolute Gasteiger partial charge is 0.0486 e. The second-order valence-electron chi connectivity index (χ2n) is 4.82. The average molecular weight is 238 g/mol. The molecule has 0 bridgehead atoms. The highest BCUT2D eigenvalue weighted by Crippen LogP contribution is 2.37. The van der Waals surface area contributed by atoms with Gasteiger partial charge in [0.05, 0.1) is 0 Å². The molecule has 1 aliphatic rings. The Morgan fingerprint density at radius 1 is 1.11 bits per heavy atom. The summed E-state index contributed by atoms with van der Waals surface area (Å²) in [6.07, 6.45) is 1.12. The molecule has 0 radical (unpaired) electrons. The molecule has 18 heavy (non-hydrogen) atoms. The molecule has 2 nitrogen and oxygen atoms in total. The zero-order chi connectivity index (χ0) is 12.5. The lowest BCUT2D eigenvalue weighted by atomic mass is 10.1. The van der Waals surface area contributed by atoms with E-state index >= 15 is 0 Å². The van der Waals surface area contributed by atoms with Crippen LogP contribution in [0.25, 0.3) is 0 Å². The number of para-hydroxylation sites is 2. The van der Waals surface area contributed by atoms with E-state index in [4.69, 9.17) is 5.73 Å². The topological polar surface area (TPSA) is 29.3 Å². The van der Waals surface area contributed by atoms with Crippen LogP contribution < -0.4 is 10.6 Å². The van der Waals surface area contributed by atoms with Gasteiger partial charge in [0.15, 0.2) is 0 Å². The molecule has 2 heteroatoms. The standard InChI is InChI=1S/C16H18N2/c1-12-5-4-7-14(11-17)16(12)18-10-9-13-6-2-3-8-15(13)18/h2-8H,9-11,17H2,1H3. The van der Waals surface area contributed by atoms with Crippen LogP contribution in [0, 0.1) is 6.92 Å². The summed E-state index contributed by atoms with van der Waals surface area (Å²) in [5.41, 5.74) is 12.5. The normalized spacial score (nSPS) is 13.8. The van der Waals surface area contributed by atoms with Crippen molar-refractivity contribution in [3.63, 3.8) is 0 Å². The number of fused-ring (bicyclic) bond motifs is 1. The van der Waals surface area contributed by atoms with Crippen molar-refractivity contribution in [2.24, 2.45) is 5.73 Å². The van der Waals surface area contributed by atoms with Crippen LogP contribution in [-0.2, 0) is 13.0 Å². The molecule has 0 saturated carbocycles. The molecule has 1 aliphatic heterocycles. The molecule has 3 rings (SSSR count). The van der Waals surface area contributed by atoms with Crippen molar-refractivity contribution in [3.8, 4) is 0 Å². The summed E-state index contributed by atoms with van der Waals surface area (Å²) in [7, 11) is 0. The molecule has 0 saturated heterocycles. The number of anilines is 2. The van der Waals surface area contributed by atoms with Crippen LogP contribution in [-0.4, -0.2) is 6.54 Å². The predicted octanol–water partition coefficient (Wildman–Crippen LogP) is 3.15. The Hall–Kier alpha value is -1.80. The summed E-state index contributed by atoms with van der Waals surface area (Å²) in [6.45, 7) is 3.81. The fraction of sp³-hybridized carbons (Fsp3) is 0.250. The van der Waals surface area contributed by atoms with Gasteiger partial charge in [0.25, 0.3) is 0 Å². The fourth-order valence-corrected chi connectivity index (χ4v) is 2.84. The minimum absolute atomic E-state index is 0.593. The monoisotopic (exact) mass is 238 g/mol. The molecule has 2 N–H and O–H groups in total. The van der Waals surface area contributed by atoms with Gasteiger partial charge in [0.1, 0.15) is 0 Å². The first kappa shape index (κ1) is 11.3. The van der Waals surface area contributed by atoms with Crippen LogP contribution in [0.2, 0.25) is 0 Å². The Bertz CT molecular complexity index is 575. The second-order valence-corrected chi connectivity index (χ2v) is 4.82. The van der Waals surface area contributed by atoms with E-state index in [2.05, 4.69) is 54.3 Å². The Balaban J connectivity index is 2.13. The van der Waals surface area contributed by atoms with Gasteiger partial charge in [0.2, 0.25) is 0 Å². The number of aryl methyl sites for hydroxylation is 1. The summed E-state index contributed by atoms with van der Waals surface area (Å²) in [4.78, 5) is 2.41. The molecule has 1 heterocycles. The Morgan fingerprint density at radius 3 is 2.78 bits per heavy atom. The lowest BCUT2D eigenvalue weighted by Crippen LogP contribution is -2.17. The second kappa shape index (κ2) is 4.46. The molecule has 0 atom stereocenters. The van der Waals surface area contributed by atoms with Crippen LogP contribution in [0.15, 0.2) is 42.5 Å².